The molecule has 4 heteroatoms. The second-order valence-electron chi connectivity index (χ2n) is 3.36. The fourth-order valence-corrected chi connectivity index (χ4v) is 1.40. The standard InChI is InChI=1S/C11H16N2O2/c1-3-13-11(15)9-5-8(6-12)10(14)4-7(9)2/h4-5,14H,3,6,12H2,1-2H3,(H,13,15). The number of hydrogen-bond acceptors (Lipinski definition) is 3. The Kier molecular flexibility index (Phi) is 3.68. The number of phenols is 1. The van der Waals surface area contributed by atoms with E-state index in [1.807, 2.05) is 6.92 Å². The molecule has 0 spiro atoms. The van der Waals surface area contributed by atoms with Crippen LogP contribution < -0.4 is 11.1 Å². The summed E-state index contributed by atoms with van der Waals surface area (Å²) in [6.45, 7) is 4.44. The lowest BCUT2D eigenvalue weighted by Gasteiger charge is -2.09. The summed E-state index contributed by atoms with van der Waals surface area (Å²) >= 11 is 0. The Morgan fingerprint density at radius 2 is 2.20 bits per heavy atom. The number of carbonyl (C=O) groups excluding carboxylic acids is 1. The number of hydrogen-bond donors (Lipinski definition) is 3. The van der Waals surface area contributed by atoms with E-state index in [9.17, 15) is 9.90 Å². The minimum Gasteiger partial charge on any atom is -0.508 e. The van der Waals surface area contributed by atoms with E-state index >= 15 is 0 Å². The highest BCUT2D eigenvalue weighted by atomic mass is 16.3. The van der Waals surface area contributed by atoms with Gasteiger partial charge in [-0.05, 0) is 31.5 Å². The quantitative estimate of drug-likeness (QED) is 0.691. The van der Waals surface area contributed by atoms with E-state index < -0.39 is 0 Å². The van der Waals surface area contributed by atoms with Crippen molar-refractivity contribution < 1.29 is 9.90 Å². The third kappa shape index (κ3) is 2.47. The number of carbonyl (C=O) groups is 1. The summed E-state index contributed by atoms with van der Waals surface area (Å²) in [7, 11) is 0. The van der Waals surface area contributed by atoms with Crippen LogP contribution in [0.25, 0.3) is 0 Å². The van der Waals surface area contributed by atoms with Gasteiger partial charge < -0.3 is 16.2 Å². The number of nitrogens with one attached hydrogen (secondary N) is 1. The van der Waals surface area contributed by atoms with Crippen molar-refractivity contribution in [2.24, 2.45) is 5.73 Å². The zero-order chi connectivity index (χ0) is 11.4. The van der Waals surface area contributed by atoms with E-state index in [2.05, 4.69) is 5.32 Å². The van der Waals surface area contributed by atoms with Crippen molar-refractivity contribution in [1.82, 2.24) is 5.32 Å². The molecule has 0 unspecified atom stereocenters. The van der Waals surface area contributed by atoms with Gasteiger partial charge in [-0.15, -0.1) is 0 Å². The second kappa shape index (κ2) is 4.79. The zero-order valence-corrected chi connectivity index (χ0v) is 9.00. The van der Waals surface area contributed by atoms with Crippen LogP contribution in [0.2, 0.25) is 0 Å². The molecule has 1 rings (SSSR count). The Morgan fingerprint density at radius 3 is 2.73 bits per heavy atom. The van der Waals surface area contributed by atoms with Crippen LogP contribution in [0.1, 0.15) is 28.4 Å². The molecule has 0 aliphatic heterocycles. The normalized spacial score (nSPS) is 10.1. The topological polar surface area (TPSA) is 75.4 Å². The number of rotatable bonds is 3. The van der Waals surface area contributed by atoms with Crippen LogP contribution in [0.15, 0.2) is 12.1 Å². The fraction of sp³-hybridized carbons (Fsp3) is 0.364. The highest BCUT2D eigenvalue weighted by molar-refractivity contribution is 5.96. The molecule has 0 aliphatic carbocycles. The van der Waals surface area contributed by atoms with Crippen molar-refractivity contribution in [2.45, 2.75) is 20.4 Å². The van der Waals surface area contributed by atoms with Gasteiger partial charge >= 0.3 is 0 Å². The third-order valence-electron chi connectivity index (χ3n) is 2.23. The summed E-state index contributed by atoms with van der Waals surface area (Å²) in [6, 6.07) is 3.20. The molecule has 1 amide bonds. The first-order valence-electron chi connectivity index (χ1n) is 4.90. The van der Waals surface area contributed by atoms with Crippen LogP contribution in [0, 0.1) is 6.92 Å². The van der Waals surface area contributed by atoms with Crippen LogP contribution in [-0.2, 0) is 6.54 Å². The van der Waals surface area contributed by atoms with Crippen LogP contribution in [0.5, 0.6) is 5.75 Å². The molecule has 0 saturated heterocycles. The lowest BCUT2D eigenvalue weighted by molar-refractivity contribution is 0.0955. The van der Waals surface area contributed by atoms with Gasteiger partial charge in [-0.25, -0.2) is 0 Å². The minimum absolute atomic E-state index is 0.135. The summed E-state index contributed by atoms with van der Waals surface area (Å²) in [5.74, 6) is 0.00717. The molecule has 0 aliphatic rings. The summed E-state index contributed by atoms with van der Waals surface area (Å²) in [5.41, 5.74) is 7.35. The van der Waals surface area contributed by atoms with E-state index in [1.165, 1.54) is 0 Å². The highest BCUT2D eigenvalue weighted by Gasteiger charge is 2.11. The van der Waals surface area contributed by atoms with Crippen LogP contribution in [0.3, 0.4) is 0 Å². The van der Waals surface area contributed by atoms with Crippen molar-refractivity contribution in [1.29, 1.82) is 0 Å². The van der Waals surface area contributed by atoms with Gasteiger partial charge in [0.15, 0.2) is 0 Å². The van der Waals surface area contributed by atoms with Crippen molar-refractivity contribution in [3.8, 4) is 5.75 Å². The monoisotopic (exact) mass is 208 g/mol. The van der Waals surface area contributed by atoms with E-state index in [1.54, 1.807) is 19.1 Å². The van der Waals surface area contributed by atoms with Crippen molar-refractivity contribution in [2.75, 3.05) is 6.54 Å². The molecule has 0 heterocycles. The number of amides is 1. The SMILES string of the molecule is CCNC(=O)c1cc(CN)c(O)cc1C. The minimum atomic E-state index is -0.135. The van der Waals surface area contributed by atoms with Gasteiger partial charge in [0.25, 0.3) is 5.91 Å². The van der Waals surface area contributed by atoms with Gasteiger partial charge in [-0.1, -0.05) is 0 Å². The molecule has 0 radical (unpaired) electrons. The first-order chi connectivity index (χ1) is 7.10. The molecular formula is C11H16N2O2. The predicted octanol–water partition coefficient (Wildman–Crippen LogP) is 0.909. The molecule has 0 atom stereocenters. The first-order valence-corrected chi connectivity index (χ1v) is 4.90. The van der Waals surface area contributed by atoms with E-state index in [0.717, 1.165) is 5.56 Å². The number of nitrogens with two attached hydrogens (primary N) is 1. The smallest absolute Gasteiger partial charge is 0.251 e. The maximum atomic E-state index is 11.6. The number of phenolic OH excluding ortho intramolecular Hbond substituents is 1. The average molecular weight is 208 g/mol. The van der Waals surface area contributed by atoms with Crippen molar-refractivity contribution in [3.63, 3.8) is 0 Å². The van der Waals surface area contributed by atoms with Gasteiger partial charge in [0.2, 0.25) is 0 Å². The van der Waals surface area contributed by atoms with E-state index in [4.69, 9.17) is 5.73 Å². The van der Waals surface area contributed by atoms with Crippen molar-refractivity contribution in [3.05, 3.63) is 28.8 Å². The lowest BCUT2D eigenvalue weighted by Crippen LogP contribution is -2.23. The van der Waals surface area contributed by atoms with Gasteiger partial charge in [0.1, 0.15) is 5.75 Å². The van der Waals surface area contributed by atoms with Gasteiger partial charge in [0.05, 0.1) is 0 Å². The summed E-state index contributed by atoms with van der Waals surface area (Å²) < 4.78 is 0. The second-order valence-corrected chi connectivity index (χ2v) is 3.36. The summed E-state index contributed by atoms with van der Waals surface area (Å²) in [5, 5.41) is 12.2. The van der Waals surface area contributed by atoms with Gasteiger partial charge in [-0.2, -0.15) is 0 Å². The molecule has 1 aromatic carbocycles. The number of aryl methyl sites for hydroxylation is 1. The third-order valence-corrected chi connectivity index (χ3v) is 2.23. The lowest BCUT2D eigenvalue weighted by atomic mass is 10.0. The fourth-order valence-electron chi connectivity index (χ4n) is 1.40. The molecular weight excluding hydrogens is 192 g/mol. The highest BCUT2D eigenvalue weighted by Crippen LogP contribution is 2.21. The molecule has 0 aromatic heterocycles. The van der Waals surface area contributed by atoms with Gasteiger partial charge in [0, 0.05) is 24.2 Å². The largest absolute Gasteiger partial charge is 0.508 e. The molecule has 15 heavy (non-hydrogen) atoms. The Morgan fingerprint density at radius 1 is 1.53 bits per heavy atom. The Hall–Kier alpha value is -1.55. The van der Waals surface area contributed by atoms with Crippen LogP contribution >= 0.6 is 0 Å². The summed E-state index contributed by atoms with van der Waals surface area (Å²) in [6.07, 6.45) is 0. The molecule has 4 nitrogen and oxygen atoms in total. The Labute approximate surface area is 89.1 Å². The molecule has 0 fully saturated rings. The van der Waals surface area contributed by atoms with Crippen LogP contribution in [0.4, 0.5) is 0 Å². The predicted molar refractivity (Wildman–Crippen MR) is 58.7 cm³/mol. The zero-order valence-electron chi connectivity index (χ0n) is 9.00. The Bertz CT molecular complexity index is 375. The summed E-state index contributed by atoms with van der Waals surface area (Å²) in [4.78, 5) is 11.6. The first kappa shape index (κ1) is 11.5. The van der Waals surface area contributed by atoms with E-state index in [0.29, 0.717) is 17.7 Å². The maximum Gasteiger partial charge on any atom is 0.251 e. The average Bonchev–Trinajstić information content (AvgIpc) is 2.18. The molecule has 0 saturated carbocycles. The molecule has 1 aromatic rings. The van der Waals surface area contributed by atoms with Crippen LogP contribution in [-0.4, -0.2) is 17.6 Å². The van der Waals surface area contributed by atoms with Crippen molar-refractivity contribution >= 4 is 5.91 Å². The van der Waals surface area contributed by atoms with Gasteiger partial charge in [-0.3, -0.25) is 4.79 Å². The number of benzene rings is 1. The molecule has 82 valence electrons. The molecule has 0 bridgehead atoms. The van der Waals surface area contributed by atoms with E-state index in [-0.39, 0.29) is 18.2 Å². The number of aromatic hydroxyl groups is 1. The maximum absolute atomic E-state index is 11.6. The Balaban J connectivity index is 3.12. The molecule has 4 N–H and O–H groups in total.